The van der Waals surface area contributed by atoms with E-state index in [4.69, 9.17) is 14.0 Å². The summed E-state index contributed by atoms with van der Waals surface area (Å²) in [5.41, 5.74) is 1.96. The Morgan fingerprint density at radius 1 is 0.981 bits per heavy atom. The number of aromatic nitrogens is 1. The van der Waals surface area contributed by atoms with Crippen LogP contribution in [0.1, 0.15) is 51.2 Å². The smallest absolute Gasteiger partial charge is 0.329 e. The maximum atomic E-state index is 14.6. The van der Waals surface area contributed by atoms with E-state index >= 15 is 0 Å². The summed E-state index contributed by atoms with van der Waals surface area (Å²) in [4.78, 5) is 80.5. The van der Waals surface area contributed by atoms with Crippen LogP contribution in [0.25, 0.3) is 21.7 Å². The molecular formula is C36H40N5O10P. The van der Waals surface area contributed by atoms with Gasteiger partial charge in [0.1, 0.15) is 17.8 Å². The fourth-order valence-corrected chi connectivity index (χ4v) is 8.19. The number of rotatable bonds is 7. The summed E-state index contributed by atoms with van der Waals surface area (Å²) in [6.07, 6.45) is 0.954. The van der Waals surface area contributed by atoms with Gasteiger partial charge in [-0.25, -0.2) is 0 Å². The molecule has 0 unspecified atom stereocenters. The Morgan fingerprint density at radius 3 is 2.52 bits per heavy atom. The highest BCUT2D eigenvalue weighted by molar-refractivity contribution is 7.50. The third-order valence-corrected chi connectivity index (χ3v) is 10.8. The van der Waals surface area contributed by atoms with E-state index in [2.05, 4.69) is 10.5 Å². The summed E-state index contributed by atoms with van der Waals surface area (Å²) in [7, 11) is -2.92. The summed E-state index contributed by atoms with van der Waals surface area (Å²) in [5, 5.41) is 8.59. The molecule has 0 aliphatic carbocycles. The average molecular weight is 734 g/mol. The fraction of sp³-hybridized carbons (Fsp3) is 0.417. The topological polar surface area (TPSA) is 192 Å². The zero-order valence-corrected chi connectivity index (χ0v) is 29.7. The number of amides is 4. The van der Waals surface area contributed by atoms with Crippen LogP contribution in [0.3, 0.4) is 0 Å². The third kappa shape index (κ3) is 7.13. The van der Waals surface area contributed by atoms with Crippen molar-refractivity contribution in [1.82, 2.24) is 25.2 Å². The second kappa shape index (κ2) is 14.3. The number of nitrogens with zero attached hydrogens (tertiary/aromatic N) is 4. The van der Waals surface area contributed by atoms with Gasteiger partial charge in [-0.1, -0.05) is 35.0 Å². The van der Waals surface area contributed by atoms with Crippen LogP contribution in [0, 0.1) is 6.92 Å². The van der Waals surface area contributed by atoms with E-state index in [9.17, 15) is 33.5 Å². The quantitative estimate of drug-likeness (QED) is 0.237. The van der Waals surface area contributed by atoms with Gasteiger partial charge in [0.15, 0.2) is 11.3 Å². The van der Waals surface area contributed by atoms with Crippen LogP contribution in [-0.4, -0.2) is 118 Å². The van der Waals surface area contributed by atoms with Crippen molar-refractivity contribution >= 4 is 53.0 Å². The van der Waals surface area contributed by atoms with E-state index < -0.39 is 43.6 Å². The van der Waals surface area contributed by atoms with Gasteiger partial charge in [-0.3, -0.25) is 23.7 Å². The third-order valence-electron chi connectivity index (χ3n) is 10.1. The van der Waals surface area contributed by atoms with Crippen LogP contribution in [0.2, 0.25) is 0 Å². The number of fused-ring (bicyclic) bond motifs is 3. The van der Waals surface area contributed by atoms with Crippen LogP contribution in [0.5, 0.6) is 5.75 Å². The van der Waals surface area contributed by atoms with Gasteiger partial charge in [0.25, 0.3) is 11.8 Å². The number of hydrogen-bond donors (Lipinski definition) is 3. The first-order valence-corrected chi connectivity index (χ1v) is 19.0. The molecule has 3 saturated heterocycles. The van der Waals surface area contributed by atoms with Crippen molar-refractivity contribution in [1.29, 1.82) is 0 Å². The minimum absolute atomic E-state index is 0.103. The van der Waals surface area contributed by atoms with Crippen molar-refractivity contribution < 1.29 is 47.5 Å². The Hall–Kier alpha value is -4.82. The molecule has 0 bridgehead atoms. The molecule has 3 aliphatic heterocycles. The molecule has 3 atom stereocenters. The number of nitrogens with one attached hydrogen (secondary N) is 1. The monoisotopic (exact) mass is 733 g/mol. The SMILES string of the molecule is COc1cc(C(=O)N[C@H]2CN(C(=O)c3noc4ccc(C)cc34)CC[C@H]3CC[C@@H](C(=O)N4CCOCC4)N3C2=O)cc2cc(CP(=O)(O)O)ccc12. The Bertz CT molecular complexity index is 2110. The maximum Gasteiger partial charge on any atom is 0.329 e. The summed E-state index contributed by atoms with van der Waals surface area (Å²) < 4.78 is 28.2. The van der Waals surface area contributed by atoms with Crippen LogP contribution < -0.4 is 10.1 Å². The van der Waals surface area contributed by atoms with Gasteiger partial charge in [0.05, 0.1) is 38.4 Å². The number of aryl methyl sites for hydroxylation is 1. The summed E-state index contributed by atoms with van der Waals surface area (Å²) in [6, 6.07) is 11.0. The average Bonchev–Trinajstić information content (AvgIpc) is 3.74. The maximum absolute atomic E-state index is 14.6. The van der Waals surface area contributed by atoms with Crippen molar-refractivity contribution in [3.05, 3.63) is 70.9 Å². The molecule has 7 rings (SSSR count). The summed E-state index contributed by atoms with van der Waals surface area (Å²) in [6.45, 7) is 3.62. The molecule has 52 heavy (non-hydrogen) atoms. The molecule has 4 amide bonds. The van der Waals surface area contributed by atoms with Gasteiger partial charge in [-0.15, -0.1) is 0 Å². The number of ether oxygens (including phenoxy) is 2. The predicted molar refractivity (Wildman–Crippen MR) is 188 cm³/mol. The second-order valence-electron chi connectivity index (χ2n) is 13.6. The number of benzene rings is 3. The molecular weight excluding hydrogens is 693 g/mol. The number of morpholine rings is 1. The molecule has 3 aliphatic rings. The first-order valence-electron chi connectivity index (χ1n) is 17.2. The molecule has 0 saturated carbocycles. The molecule has 4 aromatic rings. The Labute approximate surface area is 298 Å². The Balaban J connectivity index is 1.22. The molecule has 4 heterocycles. The zero-order valence-electron chi connectivity index (χ0n) is 28.8. The van der Waals surface area contributed by atoms with E-state index in [1.54, 1.807) is 40.1 Å². The van der Waals surface area contributed by atoms with E-state index in [1.165, 1.54) is 18.1 Å². The number of hydrogen-bond acceptors (Lipinski definition) is 9. The first-order chi connectivity index (χ1) is 24.9. The van der Waals surface area contributed by atoms with E-state index in [0.717, 1.165) is 5.56 Å². The van der Waals surface area contributed by atoms with Crippen molar-refractivity contribution in [2.45, 2.75) is 50.5 Å². The lowest BCUT2D eigenvalue weighted by atomic mass is 10.0. The van der Waals surface area contributed by atoms with Gasteiger partial charge in [-0.05, 0) is 61.4 Å². The van der Waals surface area contributed by atoms with E-state index in [-0.39, 0.29) is 36.3 Å². The van der Waals surface area contributed by atoms with Gasteiger partial charge in [0.2, 0.25) is 11.8 Å². The first kappa shape index (κ1) is 35.6. The van der Waals surface area contributed by atoms with Gasteiger partial charge >= 0.3 is 7.60 Å². The van der Waals surface area contributed by atoms with Crippen LogP contribution in [0.4, 0.5) is 0 Å². The molecule has 3 aromatic carbocycles. The standard InChI is InChI=1S/C36H40N5O10P/c1-21-3-8-30-27(15-21)32(38-51-30)36(45)40-10-9-25-5-7-29(35(44)39-11-13-50-14-12-39)41(25)34(43)28(19-40)37-33(42)24-17-23-16-22(20-52(46,47)48)4-6-26(23)31(18-24)49-2/h3-4,6,8,15-18,25,28-29H,5,7,9-14,19-20H2,1-2H3,(H,37,42)(H2,46,47,48)/t25-,28+,29+/m1/s1. The predicted octanol–water partition coefficient (Wildman–Crippen LogP) is 2.84. The highest BCUT2D eigenvalue weighted by atomic mass is 31.2. The lowest BCUT2D eigenvalue weighted by Crippen LogP contribution is -2.61. The molecule has 3 fully saturated rings. The van der Waals surface area contributed by atoms with E-state index in [0.29, 0.717) is 78.6 Å². The van der Waals surface area contributed by atoms with Crippen molar-refractivity contribution in [3.8, 4) is 5.75 Å². The fourth-order valence-electron chi connectivity index (χ4n) is 7.52. The summed E-state index contributed by atoms with van der Waals surface area (Å²) >= 11 is 0. The van der Waals surface area contributed by atoms with Crippen LogP contribution in [0.15, 0.2) is 53.1 Å². The van der Waals surface area contributed by atoms with Crippen molar-refractivity contribution in [2.75, 3.05) is 46.5 Å². The Morgan fingerprint density at radius 2 is 1.77 bits per heavy atom. The largest absolute Gasteiger partial charge is 0.496 e. The van der Waals surface area contributed by atoms with E-state index in [1.807, 2.05) is 19.1 Å². The highest BCUT2D eigenvalue weighted by Crippen LogP contribution is 2.40. The Kier molecular flexibility index (Phi) is 9.79. The van der Waals surface area contributed by atoms with Gasteiger partial charge in [0, 0.05) is 36.6 Å². The number of carbonyl (C=O) groups is 4. The minimum Gasteiger partial charge on any atom is -0.496 e. The molecule has 0 radical (unpaired) electrons. The lowest BCUT2D eigenvalue weighted by Gasteiger charge is -2.40. The molecule has 0 spiro atoms. The van der Waals surface area contributed by atoms with Crippen LogP contribution >= 0.6 is 7.60 Å². The lowest BCUT2D eigenvalue weighted by molar-refractivity contribution is -0.149. The number of carbonyl (C=O) groups excluding carboxylic acids is 4. The second-order valence-corrected chi connectivity index (χ2v) is 15.2. The molecule has 274 valence electrons. The molecule has 1 aromatic heterocycles. The zero-order chi connectivity index (χ0) is 36.7. The van der Waals surface area contributed by atoms with Gasteiger partial charge in [-0.2, -0.15) is 0 Å². The minimum atomic E-state index is -4.36. The van der Waals surface area contributed by atoms with Crippen molar-refractivity contribution in [3.63, 3.8) is 0 Å². The van der Waals surface area contributed by atoms with Crippen LogP contribution in [-0.2, 0) is 25.1 Å². The summed E-state index contributed by atoms with van der Waals surface area (Å²) in [5.74, 6) is -1.38. The molecule has 16 heteroatoms. The normalized spacial score (nSPS) is 21.2. The van der Waals surface area contributed by atoms with Crippen molar-refractivity contribution in [2.24, 2.45) is 0 Å². The highest BCUT2D eigenvalue weighted by Gasteiger charge is 2.47. The number of methoxy groups -OCH3 is 1. The van der Waals surface area contributed by atoms with Gasteiger partial charge < -0.3 is 43.8 Å². The molecule has 3 N–H and O–H groups in total. The molecule has 15 nitrogen and oxygen atoms in total.